The predicted octanol–water partition coefficient (Wildman–Crippen LogP) is 0.803. The minimum atomic E-state index is -3.24. The van der Waals surface area contributed by atoms with E-state index in [4.69, 9.17) is 5.73 Å². The third kappa shape index (κ3) is 3.00. The van der Waals surface area contributed by atoms with Gasteiger partial charge in [-0.2, -0.15) is 0 Å². The molecule has 6 heteroatoms. The third-order valence-electron chi connectivity index (χ3n) is 3.01. The first-order valence-corrected chi connectivity index (χ1v) is 8.05. The Morgan fingerprint density at radius 3 is 2.78 bits per heavy atom. The van der Waals surface area contributed by atoms with E-state index in [1.54, 1.807) is 18.3 Å². The molecule has 0 aliphatic heterocycles. The minimum Gasteiger partial charge on any atom is -0.353 e. The molecule has 5 nitrogen and oxygen atoms in total. The Labute approximate surface area is 108 Å². The molecule has 0 radical (unpaired) electrons. The molecule has 1 heterocycles. The first-order valence-electron chi connectivity index (χ1n) is 6.16. The lowest BCUT2D eigenvalue weighted by Gasteiger charge is -2.25. The number of aromatic nitrogens is 1. The smallest absolute Gasteiger partial charge is 0.179 e. The average molecular weight is 269 g/mol. The maximum atomic E-state index is 11.8. The number of sulfone groups is 1. The van der Waals surface area contributed by atoms with Gasteiger partial charge in [0.1, 0.15) is 10.7 Å². The highest BCUT2D eigenvalue weighted by Gasteiger charge is 2.32. The van der Waals surface area contributed by atoms with Crippen LogP contribution in [0.3, 0.4) is 0 Å². The van der Waals surface area contributed by atoms with Crippen molar-refractivity contribution in [3.63, 3.8) is 0 Å². The molecule has 1 aromatic heterocycles. The van der Waals surface area contributed by atoms with Crippen molar-refractivity contribution in [2.45, 2.75) is 30.2 Å². The van der Waals surface area contributed by atoms with Gasteiger partial charge in [-0.3, -0.25) is 0 Å². The second kappa shape index (κ2) is 5.24. The normalized spacial score (nSPS) is 15.7. The summed E-state index contributed by atoms with van der Waals surface area (Å²) in [5, 5.41) is 0. The van der Waals surface area contributed by atoms with E-state index in [0.29, 0.717) is 23.3 Å². The van der Waals surface area contributed by atoms with Crippen LogP contribution >= 0.6 is 0 Å². The first kappa shape index (κ1) is 13.3. The van der Waals surface area contributed by atoms with Crippen LogP contribution in [0, 0.1) is 0 Å². The molecule has 1 aromatic rings. The monoisotopic (exact) mass is 269 g/mol. The van der Waals surface area contributed by atoms with Crippen molar-refractivity contribution >= 4 is 15.7 Å². The molecule has 1 aliphatic rings. The number of pyridine rings is 1. The number of hydrogen-bond acceptors (Lipinski definition) is 5. The highest BCUT2D eigenvalue weighted by molar-refractivity contribution is 7.90. The van der Waals surface area contributed by atoms with Crippen LogP contribution in [0.2, 0.25) is 0 Å². The quantitative estimate of drug-likeness (QED) is 0.826. The van der Waals surface area contributed by atoms with Crippen LogP contribution in [0.15, 0.2) is 23.2 Å². The van der Waals surface area contributed by atoms with Crippen molar-refractivity contribution in [3.05, 3.63) is 18.3 Å². The molecule has 2 N–H and O–H groups in total. The molecule has 0 atom stereocenters. The van der Waals surface area contributed by atoms with Gasteiger partial charge < -0.3 is 10.6 Å². The van der Waals surface area contributed by atoms with Crippen LogP contribution < -0.4 is 10.6 Å². The van der Waals surface area contributed by atoms with Crippen molar-refractivity contribution in [3.8, 4) is 0 Å². The van der Waals surface area contributed by atoms with Gasteiger partial charge in [-0.25, -0.2) is 13.4 Å². The Morgan fingerprint density at radius 2 is 2.22 bits per heavy atom. The molecule has 1 aliphatic carbocycles. The topological polar surface area (TPSA) is 76.3 Å². The minimum absolute atomic E-state index is 0.314. The van der Waals surface area contributed by atoms with Crippen molar-refractivity contribution in [2.24, 2.45) is 5.73 Å². The van der Waals surface area contributed by atoms with Crippen LogP contribution in [-0.4, -0.2) is 38.8 Å². The van der Waals surface area contributed by atoms with E-state index < -0.39 is 9.84 Å². The van der Waals surface area contributed by atoms with Gasteiger partial charge >= 0.3 is 0 Å². The zero-order valence-corrected chi connectivity index (χ0v) is 11.4. The summed E-state index contributed by atoms with van der Waals surface area (Å²) in [7, 11) is -3.24. The molecule has 0 amide bonds. The highest BCUT2D eigenvalue weighted by atomic mass is 32.2. The molecule has 2 rings (SSSR count). The molecular formula is C12H19N3O2S. The van der Waals surface area contributed by atoms with Crippen LogP contribution in [0.4, 0.5) is 5.82 Å². The fraction of sp³-hybridized carbons (Fsp3) is 0.583. The average Bonchev–Trinajstić information content (AvgIpc) is 3.13. The Morgan fingerprint density at radius 1 is 1.50 bits per heavy atom. The van der Waals surface area contributed by atoms with E-state index in [0.717, 1.165) is 25.8 Å². The number of anilines is 1. The summed E-state index contributed by atoms with van der Waals surface area (Å²) >= 11 is 0. The fourth-order valence-corrected chi connectivity index (χ4v) is 2.82. The molecular weight excluding hydrogens is 250 g/mol. The number of hydrogen-bond donors (Lipinski definition) is 1. The van der Waals surface area contributed by atoms with E-state index in [1.165, 1.54) is 6.26 Å². The van der Waals surface area contributed by atoms with Gasteiger partial charge in [0.15, 0.2) is 9.84 Å². The third-order valence-corrected chi connectivity index (χ3v) is 4.13. The second-order valence-corrected chi connectivity index (χ2v) is 6.65. The number of nitrogens with zero attached hydrogens (tertiary/aromatic N) is 2. The van der Waals surface area contributed by atoms with Crippen LogP contribution in [0.1, 0.15) is 19.3 Å². The maximum absolute atomic E-state index is 11.8. The van der Waals surface area contributed by atoms with Crippen molar-refractivity contribution in [1.29, 1.82) is 0 Å². The molecule has 0 unspecified atom stereocenters. The maximum Gasteiger partial charge on any atom is 0.179 e. The lowest BCUT2D eigenvalue weighted by Crippen LogP contribution is -2.30. The standard InChI is InChI=1S/C12H19N3O2S/c1-18(16,17)11-4-2-8-14-12(11)15(9-3-7-13)10-5-6-10/h2,4,8,10H,3,5-7,9,13H2,1H3. The Hall–Kier alpha value is -1.14. The predicted molar refractivity (Wildman–Crippen MR) is 71.4 cm³/mol. The molecule has 18 heavy (non-hydrogen) atoms. The Bertz CT molecular complexity index is 512. The van der Waals surface area contributed by atoms with Gasteiger partial charge in [0, 0.05) is 25.0 Å². The summed E-state index contributed by atoms with van der Waals surface area (Å²) in [4.78, 5) is 6.67. The lowest BCUT2D eigenvalue weighted by atomic mass is 10.3. The molecule has 100 valence electrons. The van der Waals surface area contributed by atoms with Crippen LogP contribution in [0.25, 0.3) is 0 Å². The SMILES string of the molecule is CS(=O)(=O)c1cccnc1N(CCCN)C1CC1. The molecule has 0 spiro atoms. The molecule has 0 bridgehead atoms. The number of rotatable bonds is 6. The molecule has 0 saturated heterocycles. The van der Waals surface area contributed by atoms with Gasteiger partial charge in [-0.05, 0) is 37.9 Å². The van der Waals surface area contributed by atoms with E-state index in [9.17, 15) is 8.42 Å². The zero-order chi connectivity index (χ0) is 13.2. The summed E-state index contributed by atoms with van der Waals surface area (Å²) in [6.07, 6.45) is 5.91. The Kier molecular flexibility index (Phi) is 3.87. The van der Waals surface area contributed by atoms with Crippen molar-refractivity contribution in [1.82, 2.24) is 4.98 Å². The van der Waals surface area contributed by atoms with Gasteiger partial charge in [0.2, 0.25) is 0 Å². The van der Waals surface area contributed by atoms with Crippen LogP contribution in [-0.2, 0) is 9.84 Å². The van der Waals surface area contributed by atoms with E-state index in [1.807, 2.05) is 0 Å². The van der Waals surface area contributed by atoms with Gasteiger partial charge in [-0.15, -0.1) is 0 Å². The highest BCUT2D eigenvalue weighted by Crippen LogP contribution is 2.33. The molecule has 1 saturated carbocycles. The summed E-state index contributed by atoms with van der Waals surface area (Å²) in [6, 6.07) is 3.70. The molecule has 1 fully saturated rings. The van der Waals surface area contributed by atoms with E-state index in [2.05, 4.69) is 9.88 Å². The van der Waals surface area contributed by atoms with E-state index >= 15 is 0 Å². The Balaban J connectivity index is 2.35. The first-order chi connectivity index (χ1) is 8.54. The van der Waals surface area contributed by atoms with Crippen molar-refractivity contribution in [2.75, 3.05) is 24.2 Å². The summed E-state index contributed by atoms with van der Waals surface area (Å²) in [6.45, 7) is 1.37. The van der Waals surface area contributed by atoms with Gasteiger partial charge in [-0.1, -0.05) is 0 Å². The number of nitrogens with two attached hydrogens (primary N) is 1. The van der Waals surface area contributed by atoms with Gasteiger partial charge in [0.05, 0.1) is 0 Å². The lowest BCUT2D eigenvalue weighted by molar-refractivity contribution is 0.600. The fourth-order valence-electron chi connectivity index (χ4n) is 2.00. The largest absolute Gasteiger partial charge is 0.353 e. The zero-order valence-electron chi connectivity index (χ0n) is 10.5. The summed E-state index contributed by atoms with van der Waals surface area (Å²) in [5.41, 5.74) is 5.53. The summed E-state index contributed by atoms with van der Waals surface area (Å²) in [5.74, 6) is 0.580. The molecule has 0 aromatic carbocycles. The second-order valence-electron chi connectivity index (χ2n) is 4.66. The summed E-state index contributed by atoms with van der Waals surface area (Å²) < 4.78 is 23.6. The van der Waals surface area contributed by atoms with E-state index in [-0.39, 0.29) is 0 Å². The van der Waals surface area contributed by atoms with Gasteiger partial charge in [0.25, 0.3) is 0 Å². The van der Waals surface area contributed by atoms with Crippen LogP contribution in [0.5, 0.6) is 0 Å². The van der Waals surface area contributed by atoms with Crippen molar-refractivity contribution < 1.29 is 8.42 Å².